The van der Waals surface area contributed by atoms with Gasteiger partial charge in [0.1, 0.15) is 0 Å². The summed E-state index contributed by atoms with van der Waals surface area (Å²) in [5.74, 6) is -0.589. The molecule has 1 amide bonds. The third-order valence-electron chi connectivity index (χ3n) is 3.59. The van der Waals surface area contributed by atoms with Crippen molar-refractivity contribution in [3.05, 3.63) is 38.8 Å². The number of nitro groups is 1. The molecule has 0 bridgehead atoms. The average Bonchev–Trinajstić information content (AvgIpc) is 3.08. The molecular formula is C14H19ClN6O3. The summed E-state index contributed by atoms with van der Waals surface area (Å²) in [4.78, 5) is 22.1. The van der Waals surface area contributed by atoms with Gasteiger partial charge in [0.05, 0.1) is 29.6 Å². The molecule has 130 valence electrons. The summed E-state index contributed by atoms with van der Waals surface area (Å²) < 4.78 is 3.11. The van der Waals surface area contributed by atoms with Gasteiger partial charge in [0.15, 0.2) is 5.02 Å². The normalized spacial score (nSPS) is 12.2. The summed E-state index contributed by atoms with van der Waals surface area (Å²) in [6, 6.07) is -0.173. The Morgan fingerprint density at radius 3 is 2.67 bits per heavy atom. The molecule has 0 radical (unpaired) electrons. The fraction of sp³-hybridized carbons (Fsp3) is 0.500. The quantitative estimate of drug-likeness (QED) is 0.606. The lowest BCUT2D eigenvalue weighted by molar-refractivity contribution is -0.389. The summed E-state index contributed by atoms with van der Waals surface area (Å²) in [5, 5.41) is 21.6. The van der Waals surface area contributed by atoms with Gasteiger partial charge in [-0.1, -0.05) is 11.6 Å². The van der Waals surface area contributed by atoms with E-state index in [0.29, 0.717) is 0 Å². The lowest BCUT2D eigenvalue weighted by Gasteiger charge is -2.12. The second kappa shape index (κ2) is 7.43. The third kappa shape index (κ3) is 4.10. The molecule has 0 saturated carbocycles. The van der Waals surface area contributed by atoms with Crippen molar-refractivity contribution in [3.63, 3.8) is 0 Å². The highest BCUT2D eigenvalue weighted by atomic mass is 35.5. The molecule has 2 heterocycles. The van der Waals surface area contributed by atoms with Crippen LogP contribution < -0.4 is 5.32 Å². The van der Waals surface area contributed by atoms with E-state index in [-0.39, 0.29) is 29.9 Å². The SMILES string of the molecule is CCn1cc([C@@H](C)NC(=O)CCn2cc(Cl)c([N+](=O)[O-])n2)c(C)n1. The van der Waals surface area contributed by atoms with Crippen LogP contribution in [0.25, 0.3) is 0 Å². The second-order valence-electron chi connectivity index (χ2n) is 5.39. The number of carbonyl (C=O) groups excluding carboxylic acids is 1. The molecule has 0 unspecified atom stereocenters. The fourth-order valence-corrected chi connectivity index (χ4v) is 2.57. The lowest BCUT2D eigenvalue weighted by Crippen LogP contribution is -2.27. The zero-order valence-corrected chi connectivity index (χ0v) is 14.4. The van der Waals surface area contributed by atoms with Gasteiger partial charge in [-0.2, -0.15) is 9.78 Å². The van der Waals surface area contributed by atoms with Crippen LogP contribution in [-0.4, -0.2) is 30.4 Å². The molecule has 2 rings (SSSR count). The molecule has 0 spiro atoms. The molecule has 0 aliphatic heterocycles. The molecule has 1 atom stereocenters. The molecule has 2 aromatic heterocycles. The predicted octanol–water partition coefficient (Wildman–Crippen LogP) is 2.24. The van der Waals surface area contributed by atoms with Gasteiger partial charge in [-0.3, -0.25) is 9.48 Å². The van der Waals surface area contributed by atoms with Gasteiger partial charge in [0.25, 0.3) is 0 Å². The van der Waals surface area contributed by atoms with Gasteiger partial charge < -0.3 is 15.4 Å². The molecule has 0 aliphatic carbocycles. The number of halogens is 1. The molecule has 1 N–H and O–H groups in total. The van der Waals surface area contributed by atoms with E-state index in [4.69, 9.17) is 11.6 Å². The van der Waals surface area contributed by atoms with Crippen LogP contribution in [0.15, 0.2) is 12.4 Å². The van der Waals surface area contributed by atoms with Crippen LogP contribution in [0.4, 0.5) is 5.82 Å². The highest BCUT2D eigenvalue weighted by Gasteiger charge is 2.20. The Bertz CT molecular complexity index is 754. The first-order valence-corrected chi connectivity index (χ1v) is 7.90. The van der Waals surface area contributed by atoms with Crippen molar-refractivity contribution >= 4 is 23.3 Å². The number of rotatable bonds is 7. The molecule has 0 aromatic carbocycles. The number of aromatic nitrogens is 4. The summed E-state index contributed by atoms with van der Waals surface area (Å²) in [6.45, 7) is 6.75. The first-order chi connectivity index (χ1) is 11.3. The van der Waals surface area contributed by atoms with Crippen molar-refractivity contribution in [1.82, 2.24) is 24.9 Å². The monoisotopic (exact) mass is 354 g/mol. The lowest BCUT2D eigenvalue weighted by atomic mass is 10.1. The zero-order chi connectivity index (χ0) is 17.9. The number of aryl methyl sites for hydroxylation is 3. The summed E-state index contributed by atoms with van der Waals surface area (Å²) in [5.41, 5.74) is 1.84. The van der Waals surface area contributed by atoms with Crippen molar-refractivity contribution in [3.8, 4) is 0 Å². The highest BCUT2D eigenvalue weighted by Crippen LogP contribution is 2.21. The first kappa shape index (κ1) is 17.9. The molecule has 0 fully saturated rings. The Labute approximate surface area is 143 Å². The second-order valence-corrected chi connectivity index (χ2v) is 5.79. The van der Waals surface area contributed by atoms with Crippen molar-refractivity contribution in [1.29, 1.82) is 0 Å². The van der Waals surface area contributed by atoms with Crippen LogP contribution in [0.1, 0.15) is 37.6 Å². The van der Waals surface area contributed by atoms with Crippen LogP contribution in [-0.2, 0) is 17.9 Å². The van der Waals surface area contributed by atoms with E-state index in [1.165, 1.54) is 10.9 Å². The topological polar surface area (TPSA) is 108 Å². The fourth-order valence-electron chi connectivity index (χ4n) is 2.35. The van der Waals surface area contributed by atoms with E-state index in [0.717, 1.165) is 17.8 Å². The van der Waals surface area contributed by atoms with Crippen molar-refractivity contribution in [2.24, 2.45) is 0 Å². The van der Waals surface area contributed by atoms with Crippen LogP contribution in [0.5, 0.6) is 0 Å². The largest absolute Gasteiger partial charge is 0.408 e. The standard InChI is InChI=1S/C14H19ClN6O3/c1-4-19-7-11(10(3)17-19)9(2)16-13(22)5-6-20-8-12(15)14(18-20)21(23)24/h7-9H,4-6H2,1-3H3,(H,16,22)/t9-/m1/s1. The van der Waals surface area contributed by atoms with Gasteiger partial charge in [0.2, 0.25) is 5.91 Å². The Kier molecular flexibility index (Phi) is 5.55. The van der Waals surface area contributed by atoms with Crippen molar-refractivity contribution in [2.45, 2.75) is 46.3 Å². The van der Waals surface area contributed by atoms with Crippen LogP contribution in [0.3, 0.4) is 0 Å². The minimum Gasteiger partial charge on any atom is -0.358 e. The van der Waals surface area contributed by atoms with Crippen LogP contribution >= 0.6 is 11.6 Å². The van der Waals surface area contributed by atoms with Crippen molar-refractivity contribution in [2.75, 3.05) is 0 Å². The molecule has 9 nitrogen and oxygen atoms in total. The summed E-state index contributed by atoms with van der Waals surface area (Å²) in [7, 11) is 0. The predicted molar refractivity (Wildman–Crippen MR) is 87.7 cm³/mol. The van der Waals surface area contributed by atoms with Gasteiger partial charge in [-0.25, -0.2) is 0 Å². The number of nitrogens with zero attached hydrogens (tertiary/aromatic N) is 5. The number of hydrogen-bond donors (Lipinski definition) is 1. The first-order valence-electron chi connectivity index (χ1n) is 7.52. The number of amides is 1. The van der Waals surface area contributed by atoms with E-state index < -0.39 is 10.7 Å². The highest BCUT2D eigenvalue weighted by molar-refractivity contribution is 6.32. The van der Waals surface area contributed by atoms with E-state index in [2.05, 4.69) is 15.5 Å². The van der Waals surface area contributed by atoms with E-state index in [1.807, 2.05) is 31.6 Å². The minimum atomic E-state index is -0.658. The summed E-state index contributed by atoms with van der Waals surface area (Å²) in [6.07, 6.45) is 3.39. The zero-order valence-electron chi connectivity index (χ0n) is 13.7. The van der Waals surface area contributed by atoms with Gasteiger partial charge in [0, 0.05) is 24.7 Å². The average molecular weight is 355 g/mol. The van der Waals surface area contributed by atoms with Gasteiger partial charge >= 0.3 is 5.82 Å². The Balaban J connectivity index is 1.92. The van der Waals surface area contributed by atoms with Crippen LogP contribution in [0, 0.1) is 17.0 Å². The number of hydrogen-bond acceptors (Lipinski definition) is 5. The molecule has 0 saturated heterocycles. The van der Waals surface area contributed by atoms with E-state index in [9.17, 15) is 14.9 Å². The maximum atomic E-state index is 12.1. The maximum absolute atomic E-state index is 12.1. The number of nitrogens with one attached hydrogen (secondary N) is 1. The Hall–Kier alpha value is -2.42. The Morgan fingerprint density at radius 1 is 1.42 bits per heavy atom. The maximum Gasteiger partial charge on any atom is 0.408 e. The minimum absolute atomic E-state index is 0.0450. The third-order valence-corrected chi connectivity index (χ3v) is 3.86. The smallest absolute Gasteiger partial charge is 0.358 e. The van der Waals surface area contributed by atoms with E-state index >= 15 is 0 Å². The number of carbonyl (C=O) groups is 1. The van der Waals surface area contributed by atoms with E-state index in [1.54, 1.807) is 0 Å². The van der Waals surface area contributed by atoms with Gasteiger partial charge in [-0.15, -0.1) is 0 Å². The van der Waals surface area contributed by atoms with Crippen molar-refractivity contribution < 1.29 is 9.72 Å². The molecule has 0 aliphatic rings. The summed E-state index contributed by atoms with van der Waals surface area (Å²) >= 11 is 5.72. The molecule has 2 aromatic rings. The van der Waals surface area contributed by atoms with Gasteiger partial charge in [-0.05, 0) is 25.7 Å². The van der Waals surface area contributed by atoms with Crippen LogP contribution in [0.2, 0.25) is 5.02 Å². The molecule has 24 heavy (non-hydrogen) atoms. The Morgan fingerprint density at radius 2 is 2.12 bits per heavy atom. The molecular weight excluding hydrogens is 336 g/mol. The molecule has 10 heteroatoms.